The van der Waals surface area contributed by atoms with Crippen LogP contribution in [0.3, 0.4) is 0 Å². The Morgan fingerprint density at radius 3 is 2.34 bits per heavy atom. The van der Waals surface area contributed by atoms with E-state index < -0.39 is 0 Å². The first-order valence-electron chi connectivity index (χ1n) is 11.5. The molecule has 0 aromatic heterocycles. The Balaban J connectivity index is 1.80. The number of hydrogen-bond donors (Lipinski definition) is 0. The molecular weight excluding hydrogens is 472 g/mol. The van der Waals surface area contributed by atoms with Crippen molar-refractivity contribution in [2.45, 2.75) is 20.0 Å². The summed E-state index contributed by atoms with van der Waals surface area (Å²) in [6.07, 6.45) is -0.333. The number of rotatable bonds is 9. The number of carbonyl (C=O) groups excluding carboxylic acids is 2. The smallest absolute Gasteiger partial charge is 0.255 e. The van der Waals surface area contributed by atoms with Crippen LogP contribution in [0.5, 0.6) is 17.2 Å². The highest BCUT2D eigenvalue weighted by atomic mass is 35.5. The predicted octanol–water partition coefficient (Wildman–Crippen LogP) is 4.01. The molecule has 2 aromatic carbocycles. The fraction of sp³-hybridized carbons (Fsp3) is 0.462. The SMILES string of the molecule is COc1cc(C(=O)N(CC(C)C)C[C@H]2CN(C(=O)c3ccccc3Cl)CCO2)cc(OC)c1OC. The minimum Gasteiger partial charge on any atom is -0.493 e. The van der Waals surface area contributed by atoms with Crippen LogP contribution < -0.4 is 14.2 Å². The summed E-state index contributed by atoms with van der Waals surface area (Å²) in [5.41, 5.74) is 0.877. The van der Waals surface area contributed by atoms with Crippen LogP contribution in [-0.2, 0) is 4.74 Å². The van der Waals surface area contributed by atoms with E-state index in [0.717, 1.165) is 0 Å². The molecule has 0 radical (unpaired) electrons. The van der Waals surface area contributed by atoms with E-state index >= 15 is 0 Å². The molecule has 1 aliphatic heterocycles. The number of halogens is 1. The second-order valence-electron chi connectivity index (χ2n) is 8.74. The average molecular weight is 505 g/mol. The minimum absolute atomic E-state index is 0.143. The van der Waals surface area contributed by atoms with E-state index in [1.807, 2.05) is 13.8 Å². The second-order valence-corrected chi connectivity index (χ2v) is 9.15. The average Bonchev–Trinajstić information content (AvgIpc) is 2.86. The maximum absolute atomic E-state index is 13.6. The molecule has 1 heterocycles. The highest BCUT2D eigenvalue weighted by molar-refractivity contribution is 6.33. The Hall–Kier alpha value is -2.97. The number of hydrogen-bond acceptors (Lipinski definition) is 6. The lowest BCUT2D eigenvalue weighted by Gasteiger charge is -2.36. The number of carbonyl (C=O) groups is 2. The molecule has 2 amide bonds. The Morgan fingerprint density at radius 1 is 1.11 bits per heavy atom. The van der Waals surface area contributed by atoms with Crippen molar-refractivity contribution in [2.75, 3.05) is 54.1 Å². The zero-order valence-corrected chi connectivity index (χ0v) is 21.6. The van der Waals surface area contributed by atoms with E-state index in [2.05, 4.69) is 0 Å². The zero-order valence-electron chi connectivity index (χ0n) is 20.9. The van der Waals surface area contributed by atoms with Crippen molar-refractivity contribution < 1.29 is 28.5 Å². The summed E-state index contributed by atoms with van der Waals surface area (Å²) < 4.78 is 22.2. The number of amides is 2. The van der Waals surface area contributed by atoms with Crippen molar-refractivity contribution in [2.24, 2.45) is 5.92 Å². The summed E-state index contributed by atoms with van der Waals surface area (Å²) in [6, 6.07) is 10.3. The second kappa shape index (κ2) is 12.1. The standard InChI is InChI=1S/C26H33ClN2O6/c1-17(2)14-29(25(30)18-12-22(32-3)24(34-5)23(13-18)33-4)16-19-15-28(10-11-35-19)26(31)20-8-6-7-9-21(20)27/h6-9,12-13,17,19H,10-11,14-16H2,1-5H3/t19-/m1/s1. The first-order valence-corrected chi connectivity index (χ1v) is 11.9. The maximum Gasteiger partial charge on any atom is 0.255 e. The molecule has 190 valence electrons. The van der Waals surface area contributed by atoms with Crippen LogP contribution in [0.2, 0.25) is 5.02 Å². The molecule has 35 heavy (non-hydrogen) atoms. The van der Waals surface area contributed by atoms with E-state index in [4.69, 9.17) is 30.5 Å². The van der Waals surface area contributed by atoms with Gasteiger partial charge in [0.25, 0.3) is 11.8 Å². The molecule has 0 aliphatic carbocycles. The van der Waals surface area contributed by atoms with Crippen LogP contribution in [-0.4, -0.2) is 81.8 Å². The zero-order chi connectivity index (χ0) is 25.5. The Bertz CT molecular complexity index is 1020. The van der Waals surface area contributed by atoms with E-state index in [-0.39, 0.29) is 23.8 Å². The fourth-order valence-corrected chi connectivity index (χ4v) is 4.35. The first kappa shape index (κ1) is 26.6. The van der Waals surface area contributed by atoms with Crippen LogP contribution in [0, 0.1) is 5.92 Å². The lowest BCUT2D eigenvalue weighted by Crippen LogP contribution is -2.51. The summed E-state index contributed by atoms with van der Waals surface area (Å²) in [7, 11) is 4.54. The van der Waals surface area contributed by atoms with E-state index in [1.165, 1.54) is 21.3 Å². The topological polar surface area (TPSA) is 77.5 Å². The molecule has 0 N–H and O–H groups in total. The summed E-state index contributed by atoms with van der Waals surface area (Å²) in [6.45, 7) is 6.16. The van der Waals surface area contributed by atoms with E-state index in [9.17, 15) is 9.59 Å². The molecule has 0 saturated carbocycles. The molecule has 0 unspecified atom stereocenters. The monoisotopic (exact) mass is 504 g/mol. The van der Waals surface area contributed by atoms with Crippen molar-refractivity contribution in [1.82, 2.24) is 9.80 Å². The van der Waals surface area contributed by atoms with Gasteiger partial charge < -0.3 is 28.7 Å². The van der Waals surface area contributed by atoms with Gasteiger partial charge in [0.15, 0.2) is 11.5 Å². The normalized spacial score (nSPS) is 15.6. The number of nitrogens with zero attached hydrogens (tertiary/aromatic N) is 2. The van der Waals surface area contributed by atoms with E-state index in [0.29, 0.717) is 66.2 Å². The maximum atomic E-state index is 13.6. The first-order chi connectivity index (χ1) is 16.8. The largest absolute Gasteiger partial charge is 0.493 e. The molecular formula is C26H33ClN2O6. The molecule has 0 spiro atoms. The molecule has 1 atom stereocenters. The van der Waals surface area contributed by atoms with Gasteiger partial charge in [-0.2, -0.15) is 0 Å². The summed E-state index contributed by atoms with van der Waals surface area (Å²) in [5, 5.41) is 0.416. The minimum atomic E-state index is -0.333. The number of ether oxygens (including phenoxy) is 4. The van der Waals surface area contributed by atoms with Gasteiger partial charge in [0.1, 0.15) is 0 Å². The van der Waals surface area contributed by atoms with Gasteiger partial charge in [-0.1, -0.05) is 37.6 Å². The third-order valence-electron chi connectivity index (χ3n) is 5.74. The number of methoxy groups -OCH3 is 3. The molecule has 1 saturated heterocycles. The molecule has 0 bridgehead atoms. The summed E-state index contributed by atoms with van der Waals surface area (Å²) in [5.74, 6) is 1.14. The van der Waals surface area contributed by atoms with Crippen LogP contribution in [0.1, 0.15) is 34.6 Å². The predicted molar refractivity (Wildman–Crippen MR) is 134 cm³/mol. The summed E-state index contributed by atoms with van der Waals surface area (Å²) >= 11 is 6.24. The number of morpholine rings is 1. The Labute approximate surface area is 211 Å². The van der Waals surface area contributed by atoms with Gasteiger partial charge in [0.05, 0.1) is 44.6 Å². The van der Waals surface area contributed by atoms with E-state index in [1.54, 1.807) is 46.2 Å². The Kier molecular flexibility index (Phi) is 9.23. The number of benzene rings is 2. The van der Waals surface area contributed by atoms with Crippen LogP contribution in [0.25, 0.3) is 0 Å². The van der Waals surface area contributed by atoms with Crippen molar-refractivity contribution in [3.05, 3.63) is 52.5 Å². The summed E-state index contributed by atoms with van der Waals surface area (Å²) in [4.78, 5) is 30.1. The van der Waals surface area contributed by atoms with Gasteiger partial charge in [-0.3, -0.25) is 9.59 Å². The molecule has 3 rings (SSSR count). The van der Waals surface area contributed by atoms with Gasteiger partial charge in [-0.15, -0.1) is 0 Å². The van der Waals surface area contributed by atoms with Crippen LogP contribution >= 0.6 is 11.6 Å². The van der Waals surface area contributed by atoms with Crippen molar-refractivity contribution in [1.29, 1.82) is 0 Å². The lowest BCUT2D eigenvalue weighted by atomic mass is 10.1. The molecule has 1 fully saturated rings. The van der Waals surface area contributed by atoms with Gasteiger partial charge in [0, 0.05) is 31.7 Å². The Morgan fingerprint density at radius 2 is 1.77 bits per heavy atom. The van der Waals surface area contributed by atoms with Gasteiger partial charge in [0.2, 0.25) is 5.75 Å². The fourth-order valence-electron chi connectivity index (χ4n) is 4.13. The molecule has 8 nitrogen and oxygen atoms in total. The van der Waals surface area contributed by atoms with Crippen molar-refractivity contribution in [3.8, 4) is 17.2 Å². The highest BCUT2D eigenvalue weighted by Crippen LogP contribution is 2.38. The van der Waals surface area contributed by atoms with Crippen molar-refractivity contribution >= 4 is 23.4 Å². The third-order valence-corrected chi connectivity index (χ3v) is 6.07. The molecule has 1 aliphatic rings. The van der Waals surface area contributed by atoms with Gasteiger partial charge in [-0.25, -0.2) is 0 Å². The molecule has 2 aromatic rings. The lowest BCUT2D eigenvalue weighted by molar-refractivity contribution is -0.0340. The quantitative estimate of drug-likeness (QED) is 0.513. The third kappa shape index (κ3) is 6.38. The van der Waals surface area contributed by atoms with Gasteiger partial charge in [-0.05, 0) is 30.2 Å². The van der Waals surface area contributed by atoms with Crippen LogP contribution in [0.15, 0.2) is 36.4 Å². The van der Waals surface area contributed by atoms with Crippen LogP contribution in [0.4, 0.5) is 0 Å². The van der Waals surface area contributed by atoms with Crippen molar-refractivity contribution in [3.63, 3.8) is 0 Å². The highest BCUT2D eigenvalue weighted by Gasteiger charge is 2.30. The molecule has 9 heteroatoms. The van der Waals surface area contributed by atoms with Gasteiger partial charge >= 0.3 is 0 Å².